The van der Waals surface area contributed by atoms with Gasteiger partial charge in [0.15, 0.2) is 0 Å². The molecule has 0 atom stereocenters. The number of methoxy groups -OCH3 is 1. The second kappa shape index (κ2) is 7.55. The number of guanidine groups is 1. The van der Waals surface area contributed by atoms with Crippen molar-refractivity contribution in [3.63, 3.8) is 0 Å². The fourth-order valence-corrected chi connectivity index (χ4v) is 1.56. The van der Waals surface area contributed by atoms with Crippen molar-refractivity contribution < 1.29 is 4.74 Å². The molecule has 18 heavy (non-hydrogen) atoms. The van der Waals surface area contributed by atoms with Gasteiger partial charge in [-0.3, -0.25) is 10.4 Å². The van der Waals surface area contributed by atoms with Crippen LogP contribution in [0.1, 0.15) is 25.3 Å². The molecule has 0 aliphatic rings. The van der Waals surface area contributed by atoms with E-state index in [2.05, 4.69) is 22.7 Å². The zero-order valence-corrected chi connectivity index (χ0v) is 11.3. The molecule has 1 aromatic carbocycles. The van der Waals surface area contributed by atoms with Crippen LogP contribution in [0.5, 0.6) is 5.75 Å². The third kappa shape index (κ3) is 4.25. The second-order valence-electron chi connectivity index (χ2n) is 4.04. The summed E-state index contributed by atoms with van der Waals surface area (Å²) >= 11 is 0. The van der Waals surface area contributed by atoms with Crippen LogP contribution in [0, 0.1) is 6.92 Å². The number of nitrogens with zero attached hydrogens (tertiary/aromatic N) is 1. The summed E-state index contributed by atoms with van der Waals surface area (Å²) in [4.78, 5) is 4.34. The van der Waals surface area contributed by atoms with Crippen molar-refractivity contribution in [1.82, 2.24) is 5.43 Å². The molecule has 1 aromatic rings. The molecule has 5 heteroatoms. The number of nitrogens with one attached hydrogen (secondary N) is 2. The summed E-state index contributed by atoms with van der Waals surface area (Å²) in [6.45, 7) is 4.89. The molecule has 0 unspecified atom stereocenters. The minimum Gasteiger partial charge on any atom is -0.496 e. The third-order valence-electron chi connectivity index (χ3n) is 2.58. The summed E-state index contributed by atoms with van der Waals surface area (Å²) in [6.07, 6.45) is 2.16. The van der Waals surface area contributed by atoms with E-state index in [1.165, 1.54) is 0 Å². The fourth-order valence-electron chi connectivity index (χ4n) is 1.56. The van der Waals surface area contributed by atoms with Gasteiger partial charge in [0.1, 0.15) is 5.75 Å². The first-order chi connectivity index (χ1) is 8.71. The Kier molecular flexibility index (Phi) is 6.00. The van der Waals surface area contributed by atoms with Gasteiger partial charge >= 0.3 is 0 Å². The predicted molar refractivity (Wildman–Crippen MR) is 75.9 cm³/mol. The summed E-state index contributed by atoms with van der Waals surface area (Å²) in [7, 11) is 1.66. The van der Waals surface area contributed by atoms with Gasteiger partial charge in [-0.05, 0) is 37.1 Å². The van der Waals surface area contributed by atoms with Crippen LogP contribution in [0.4, 0.5) is 5.69 Å². The minimum absolute atomic E-state index is 0.577. The number of anilines is 1. The normalized spacial score (nSPS) is 11.2. The molecule has 0 spiro atoms. The van der Waals surface area contributed by atoms with Crippen LogP contribution in [0.3, 0.4) is 0 Å². The number of ether oxygens (including phenoxy) is 1. The first-order valence-corrected chi connectivity index (χ1v) is 6.14. The van der Waals surface area contributed by atoms with Crippen molar-refractivity contribution in [2.75, 3.05) is 19.0 Å². The summed E-state index contributed by atoms with van der Waals surface area (Å²) in [5.41, 5.74) is 4.56. The molecule has 0 amide bonds. The number of hydrogen-bond acceptors (Lipinski definition) is 3. The van der Waals surface area contributed by atoms with Gasteiger partial charge in [-0.15, -0.1) is 0 Å². The van der Waals surface area contributed by atoms with E-state index in [0.717, 1.165) is 36.4 Å². The number of hydrogen-bond donors (Lipinski definition) is 3. The highest BCUT2D eigenvalue weighted by molar-refractivity contribution is 5.93. The molecule has 100 valence electrons. The summed E-state index contributed by atoms with van der Waals surface area (Å²) in [6, 6.07) is 5.84. The highest BCUT2D eigenvalue weighted by atomic mass is 16.5. The third-order valence-corrected chi connectivity index (χ3v) is 2.58. The van der Waals surface area contributed by atoms with Crippen LogP contribution in [0.15, 0.2) is 23.2 Å². The predicted octanol–water partition coefficient (Wildman–Crippen LogP) is 2.03. The molecular weight excluding hydrogens is 228 g/mol. The largest absolute Gasteiger partial charge is 0.496 e. The van der Waals surface area contributed by atoms with Crippen LogP contribution in [0.2, 0.25) is 0 Å². The van der Waals surface area contributed by atoms with Crippen LogP contribution in [-0.4, -0.2) is 19.6 Å². The van der Waals surface area contributed by atoms with E-state index in [0.29, 0.717) is 5.96 Å². The maximum atomic E-state index is 5.43. The average molecular weight is 250 g/mol. The summed E-state index contributed by atoms with van der Waals surface area (Å²) in [5.74, 6) is 6.87. The molecule has 1 rings (SSSR count). The van der Waals surface area contributed by atoms with E-state index in [4.69, 9.17) is 10.6 Å². The SMILES string of the molecule is CCCCN=C(NN)Nc1ccc(OC)c(C)c1. The van der Waals surface area contributed by atoms with Gasteiger partial charge in [-0.2, -0.15) is 0 Å². The standard InChI is InChI=1S/C13H22N4O/c1-4-5-8-15-13(17-14)16-11-6-7-12(18-3)10(2)9-11/h6-7,9H,4-5,8,14H2,1-3H3,(H2,15,16,17). The second-order valence-corrected chi connectivity index (χ2v) is 4.04. The molecular formula is C13H22N4O. The molecule has 0 aromatic heterocycles. The van der Waals surface area contributed by atoms with Gasteiger partial charge in [-0.1, -0.05) is 13.3 Å². The minimum atomic E-state index is 0.577. The van der Waals surface area contributed by atoms with Gasteiger partial charge in [0.25, 0.3) is 0 Å². The van der Waals surface area contributed by atoms with Crippen molar-refractivity contribution in [2.45, 2.75) is 26.7 Å². The van der Waals surface area contributed by atoms with E-state index in [-0.39, 0.29) is 0 Å². The molecule has 0 fully saturated rings. The Morgan fingerprint density at radius 2 is 2.22 bits per heavy atom. The van der Waals surface area contributed by atoms with Crippen LogP contribution in [-0.2, 0) is 0 Å². The average Bonchev–Trinajstić information content (AvgIpc) is 2.38. The molecule has 0 bridgehead atoms. The lowest BCUT2D eigenvalue weighted by Crippen LogP contribution is -2.36. The molecule has 0 saturated heterocycles. The molecule has 0 saturated carbocycles. The molecule has 0 heterocycles. The first kappa shape index (κ1) is 14.3. The molecule has 0 radical (unpaired) electrons. The molecule has 5 nitrogen and oxygen atoms in total. The monoisotopic (exact) mass is 250 g/mol. The van der Waals surface area contributed by atoms with Crippen molar-refractivity contribution in [3.8, 4) is 5.75 Å². The number of aliphatic imine (C=N–C) groups is 1. The molecule has 0 aliphatic carbocycles. The quantitative estimate of drug-likeness (QED) is 0.246. The lowest BCUT2D eigenvalue weighted by molar-refractivity contribution is 0.412. The van der Waals surface area contributed by atoms with Gasteiger partial charge < -0.3 is 10.1 Å². The zero-order chi connectivity index (χ0) is 13.4. The van der Waals surface area contributed by atoms with E-state index >= 15 is 0 Å². The number of rotatable bonds is 5. The van der Waals surface area contributed by atoms with Gasteiger partial charge in [0.2, 0.25) is 5.96 Å². The van der Waals surface area contributed by atoms with Crippen LogP contribution in [0.25, 0.3) is 0 Å². The van der Waals surface area contributed by atoms with E-state index in [9.17, 15) is 0 Å². The Hall–Kier alpha value is -1.75. The lowest BCUT2D eigenvalue weighted by Gasteiger charge is -2.11. The van der Waals surface area contributed by atoms with Crippen LogP contribution < -0.4 is 21.3 Å². The zero-order valence-electron chi connectivity index (χ0n) is 11.3. The Morgan fingerprint density at radius 3 is 2.78 bits per heavy atom. The highest BCUT2D eigenvalue weighted by Gasteiger charge is 2.01. The number of benzene rings is 1. The van der Waals surface area contributed by atoms with Gasteiger partial charge in [0, 0.05) is 12.2 Å². The molecule has 4 N–H and O–H groups in total. The number of aryl methyl sites for hydroxylation is 1. The highest BCUT2D eigenvalue weighted by Crippen LogP contribution is 2.21. The smallest absolute Gasteiger partial charge is 0.210 e. The number of unbranched alkanes of at least 4 members (excludes halogenated alkanes) is 1. The Bertz CT molecular complexity index is 404. The van der Waals surface area contributed by atoms with E-state index < -0.39 is 0 Å². The fraction of sp³-hybridized carbons (Fsp3) is 0.462. The number of nitrogens with two attached hydrogens (primary N) is 1. The van der Waals surface area contributed by atoms with Gasteiger partial charge in [0.05, 0.1) is 7.11 Å². The van der Waals surface area contributed by atoms with Crippen LogP contribution >= 0.6 is 0 Å². The summed E-state index contributed by atoms with van der Waals surface area (Å²) < 4.78 is 5.21. The topological polar surface area (TPSA) is 71.7 Å². The van der Waals surface area contributed by atoms with E-state index in [1.807, 2.05) is 25.1 Å². The first-order valence-electron chi connectivity index (χ1n) is 6.14. The lowest BCUT2D eigenvalue weighted by atomic mass is 10.2. The Balaban J connectivity index is 2.70. The Morgan fingerprint density at radius 1 is 1.44 bits per heavy atom. The van der Waals surface area contributed by atoms with Crippen molar-refractivity contribution in [3.05, 3.63) is 23.8 Å². The summed E-state index contributed by atoms with van der Waals surface area (Å²) in [5, 5.41) is 3.14. The molecule has 0 aliphatic heterocycles. The Labute approximate surface area is 108 Å². The number of hydrazine groups is 1. The maximum absolute atomic E-state index is 5.43. The van der Waals surface area contributed by atoms with Crippen molar-refractivity contribution >= 4 is 11.6 Å². The maximum Gasteiger partial charge on any atom is 0.210 e. The van der Waals surface area contributed by atoms with Gasteiger partial charge in [-0.25, -0.2) is 5.84 Å². The van der Waals surface area contributed by atoms with Crippen molar-refractivity contribution in [2.24, 2.45) is 10.8 Å². The van der Waals surface area contributed by atoms with E-state index in [1.54, 1.807) is 7.11 Å². The van der Waals surface area contributed by atoms with Crippen molar-refractivity contribution in [1.29, 1.82) is 0 Å².